The summed E-state index contributed by atoms with van der Waals surface area (Å²) < 4.78 is 52.5. The van der Waals surface area contributed by atoms with Crippen LogP contribution >= 0.6 is 0 Å². The number of hydrogen-bond donors (Lipinski definition) is 3. The Morgan fingerprint density at radius 3 is 2.54 bits per heavy atom. The Morgan fingerprint density at radius 2 is 1.92 bits per heavy atom. The number of carbonyl (C=O) groups is 3. The van der Waals surface area contributed by atoms with Crippen LogP contribution in [0.15, 0.2) is 23.8 Å². The molecule has 4 aliphatic rings. The summed E-state index contributed by atoms with van der Waals surface area (Å²) in [5.74, 6) is -4.68. The van der Waals surface area contributed by atoms with Gasteiger partial charge in [-0.3, -0.25) is 18.9 Å². The van der Waals surface area contributed by atoms with Crippen molar-refractivity contribution in [3.8, 4) is 0 Å². The topological polar surface area (TPSA) is 155 Å². The van der Waals surface area contributed by atoms with Gasteiger partial charge in [-0.15, -0.1) is 0 Å². The van der Waals surface area contributed by atoms with Gasteiger partial charge in [0.15, 0.2) is 18.1 Å². The summed E-state index contributed by atoms with van der Waals surface area (Å²) in [6.07, 6.45) is 3.01. The number of esters is 1. The molecular formula is C25H34FNaO9S. The van der Waals surface area contributed by atoms with Crippen molar-refractivity contribution in [3.63, 3.8) is 0 Å². The average Bonchev–Trinajstić information content (AvgIpc) is 2.98. The van der Waals surface area contributed by atoms with Crippen LogP contribution in [0, 0.1) is 28.6 Å². The number of carbonyl (C=O) groups excluding carboxylic acids is 3. The second-order valence-electron chi connectivity index (χ2n) is 11.3. The van der Waals surface area contributed by atoms with Crippen LogP contribution in [0.5, 0.6) is 0 Å². The maximum atomic E-state index is 17.1. The van der Waals surface area contributed by atoms with Crippen molar-refractivity contribution < 1.29 is 77.7 Å². The maximum absolute atomic E-state index is 17.1. The molecule has 0 aliphatic heterocycles. The normalized spacial score (nSPS) is 42.6. The van der Waals surface area contributed by atoms with Crippen LogP contribution in [0.3, 0.4) is 0 Å². The minimum atomic E-state index is -4.39. The second-order valence-corrected chi connectivity index (χ2v) is 12.9. The third kappa shape index (κ3) is 4.52. The van der Waals surface area contributed by atoms with E-state index in [1.807, 2.05) is 0 Å². The number of halogens is 1. The molecule has 0 aromatic heterocycles. The standard InChI is InChI=1S/C25H33FO9S.Na.H/c1-14-10-18-17-5-4-15-11-16(27)6-8-22(15,2)24(17,26)19(28)12-23(18,3)25(14,31)20(29)13-35-21(30)7-9-36(32,33)34;;/h6,8,11,14,17-19,28,31H,4-5,7,9-10,12-13H2,1-3H3,(H,32,33,34);;/q;+1;-1/t14?,17-,18-,19?,22-,23-,24-,25-;;/m0../s1. The number of aliphatic hydroxyl groups is 2. The molecule has 0 saturated heterocycles. The van der Waals surface area contributed by atoms with E-state index in [0.29, 0.717) is 24.8 Å². The molecule has 0 amide bonds. The van der Waals surface area contributed by atoms with E-state index in [4.69, 9.17) is 9.29 Å². The fraction of sp³-hybridized carbons (Fsp3) is 0.720. The predicted octanol–water partition coefficient (Wildman–Crippen LogP) is -1.16. The number of alkyl halides is 1. The van der Waals surface area contributed by atoms with Crippen molar-refractivity contribution in [3.05, 3.63) is 23.8 Å². The van der Waals surface area contributed by atoms with Crippen LogP contribution in [-0.2, 0) is 29.2 Å². The molecule has 3 fully saturated rings. The Labute approximate surface area is 239 Å². The van der Waals surface area contributed by atoms with Gasteiger partial charge in [-0.05, 0) is 56.6 Å². The maximum Gasteiger partial charge on any atom is 1.00 e. The van der Waals surface area contributed by atoms with Crippen LogP contribution in [0.2, 0.25) is 0 Å². The van der Waals surface area contributed by atoms with Crippen molar-refractivity contribution in [2.75, 3.05) is 12.4 Å². The number of fused-ring (bicyclic) bond motifs is 5. The van der Waals surface area contributed by atoms with E-state index in [9.17, 15) is 33.0 Å². The Kier molecular flexibility index (Phi) is 8.19. The Morgan fingerprint density at radius 1 is 1.27 bits per heavy atom. The Bertz CT molecular complexity index is 1180. The molecule has 8 atom stereocenters. The molecule has 4 rings (SSSR count). The number of allylic oxidation sites excluding steroid dienone is 4. The zero-order valence-electron chi connectivity index (χ0n) is 22.6. The molecule has 202 valence electrons. The van der Waals surface area contributed by atoms with E-state index in [-0.39, 0.29) is 43.2 Å². The zero-order valence-corrected chi connectivity index (χ0v) is 24.4. The second kappa shape index (κ2) is 9.91. The first kappa shape index (κ1) is 30.6. The van der Waals surface area contributed by atoms with Crippen molar-refractivity contribution in [1.82, 2.24) is 0 Å². The van der Waals surface area contributed by atoms with Crippen molar-refractivity contribution >= 4 is 27.7 Å². The largest absolute Gasteiger partial charge is 1.00 e. The first-order valence-electron chi connectivity index (χ1n) is 12.2. The molecule has 37 heavy (non-hydrogen) atoms. The summed E-state index contributed by atoms with van der Waals surface area (Å²) in [7, 11) is -4.39. The summed E-state index contributed by atoms with van der Waals surface area (Å²) in [6.45, 7) is 4.20. The van der Waals surface area contributed by atoms with Crippen molar-refractivity contribution in [1.29, 1.82) is 0 Å². The van der Waals surface area contributed by atoms with E-state index >= 15 is 4.39 Å². The third-order valence-electron chi connectivity index (χ3n) is 9.58. The SMILES string of the molecule is CC1C[C@H]2[C@@H]3CCC4=CC(=O)C=C[C@]4(C)[C@@]3(F)C(O)C[C@]2(C)[C@@]1(O)C(=O)COC(=O)CCS(=O)(=O)O.[H-].[Na+]. The van der Waals surface area contributed by atoms with Gasteiger partial charge in [0.05, 0.1) is 18.3 Å². The molecule has 4 aliphatic carbocycles. The smallest absolute Gasteiger partial charge is 1.00 e. The van der Waals surface area contributed by atoms with Gasteiger partial charge in [-0.1, -0.05) is 25.5 Å². The molecule has 0 aromatic carbocycles. The minimum Gasteiger partial charge on any atom is -1.00 e. The number of ketones is 2. The van der Waals surface area contributed by atoms with E-state index in [0.717, 1.165) is 0 Å². The summed E-state index contributed by atoms with van der Waals surface area (Å²) in [5.41, 5.74) is -5.89. The van der Waals surface area contributed by atoms with Gasteiger partial charge in [0.1, 0.15) is 5.60 Å². The molecule has 2 unspecified atom stereocenters. The van der Waals surface area contributed by atoms with E-state index in [1.54, 1.807) is 20.8 Å². The molecule has 0 aromatic rings. The van der Waals surface area contributed by atoms with Gasteiger partial charge in [0.2, 0.25) is 5.78 Å². The first-order valence-corrected chi connectivity index (χ1v) is 13.8. The quantitative estimate of drug-likeness (QED) is 0.210. The van der Waals surface area contributed by atoms with Crippen LogP contribution in [0.25, 0.3) is 0 Å². The van der Waals surface area contributed by atoms with Crippen LogP contribution < -0.4 is 29.6 Å². The molecule has 3 saturated carbocycles. The van der Waals surface area contributed by atoms with Gasteiger partial charge in [-0.25, -0.2) is 4.39 Å². The van der Waals surface area contributed by atoms with Gasteiger partial charge < -0.3 is 16.4 Å². The predicted molar refractivity (Wildman–Crippen MR) is 126 cm³/mol. The molecule has 0 spiro atoms. The van der Waals surface area contributed by atoms with Crippen LogP contribution in [0.1, 0.15) is 54.3 Å². The van der Waals surface area contributed by atoms with Crippen LogP contribution in [0.4, 0.5) is 4.39 Å². The average molecular weight is 553 g/mol. The minimum absolute atomic E-state index is 0. The summed E-state index contributed by atoms with van der Waals surface area (Å²) >= 11 is 0. The van der Waals surface area contributed by atoms with E-state index in [2.05, 4.69) is 0 Å². The van der Waals surface area contributed by atoms with E-state index in [1.165, 1.54) is 18.2 Å². The molecule has 0 heterocycles. The van der Waals surface area contributed by atoms with Crippen molar-refractivity contribution in [2.24, 2.45) is 28.6 Å². The third-order valence-corrected chi connectivity index (χ3v) is 10.3. The molecule has 9 nitrogen and oxygen atoms in total. The monoisotopic (exact) mass is 552 g/mol. The van der Waals surface area contributed by atoms with Gasteiger partial charge in [-0.2, -0.15) is 8.42 Å². The molecular weight excluding hydrogens is 518 g/mol. The van der Waals surface area contributed by atoms with Crippen LogP contribution in [-0.4, -0.2) is 70.5 Å². The van der Waals surface area contributed by atoms with Gasteiger partial charge >= 0.3 is 35.5 Å². The van der Waals surface area contributed by atoms with Crippen molar-refractivity contribution in [2.45, 2.75) is 70.2 Å². The van der Waals surface area contributed by atoms with Gasteiger partial charge in [0, 0.05) is 16.7 Å². The fourth-order valence-corrected chi connectivity index (χ4v) is 8.11. The van der Waals surface area contributed by atoms with E-state index < -0.39 is 86.6 Å². The molecule has 3 N–H and O–H groups in total. The summed E-state index contributed by atoms with van der Waals surface area (Å²) in [5, 5.41) is 23.1. The number of ether oxygens (including phenoxy) is 1. The molecule has 12 heteroatoms. The number of aliphatic hydroxyl groups excluding tert-OH is 1. The zero-order chi connectivity index (χ0) is 26.9. The first-order chi connectivity index (χ1) is 16.5. The summed E-state index contributed by atoms with van der Waals surface area (Å²) in [4.78, 5) is 37.1. The Balaban J connectivity index is 0.00000253. The summed E-state index contributed by atoms with van der Waals surface area (Å²) in [6, 6.07) is 0. The number of rotatable bonds is 6. The number of Topliss-reactive ketones (excluding diaryl/α,β-unsaturated/α-hetero) is 1. The van der Waals surface area contributed by atoms with Gasteiger partial charge in [0.25, 0.3) is 10.1 Å². The Hall–Kier alpha value is -0.950. The molecule has 0 radical (unpaired) electrons. The fourth-order valence-electron chi connectivity index (χ4n) is 7.68. The number of hydrogen-bond acceptors (Lipinski definition) is 8. The molecule has 0 bridgehead atoms.